The van der Waals surface area contributed by atoms with E-state index in [0.29, 0.717) is 6.54 Å². The molecule has 0 bridgehead atoms. The fourth-order valence-corrected chi connectivity index (χ4v) is 3.59. The average molecular weight is 247 g/mol. The van der Waals surface area contributed by atoms with Crippen molar-refractivity contribution in [3.63, 3.8) is 0 Å². The van der Waals surface area contributed by atoms with Crippen LogP contribution in [0.3, 0.4) is 0 Å². The largest absolute Gasteiger partial charge is 0.389 e. The predicted octanol–water partition coefficient (Wildman–Crippen LogP) is 1.27. The summed E-state index contributed by atoms with van der Waals surface area (Å²) in [5, 5.41) is 11.2. The lowest BCUT2D eigenvalue weighted by molar-refractivity contribution is -0.123. The van der Waals surface area contributed by atoms with Crippen LogP contribution in [0.4, 0.5) is 0 Å². The molecule has 1 aliphatic heterocycles. The van der Waals surface area contributed by atoms with E-state index in [1.807, 2.05) is 12.1 Å². The standard InChI is InChI=1S/C15H21NO2/c16-11-14(5-7-18-8-6-14)15(17)9-12-3-1-2-4-13(12)10-15/h1-4,17H,5-11,16H2. The smallest absolute Gasteiger partial charge is 0.0797 e. The molecule has 0 saturated carbocycles. The Kier molecular flexibility index (Phi) is 2.93. The SMILES string of the molecule is NCC1(C2(O)Cc3ccccc3C2)CCOCC1. The Labute approximate surface area is 108 Å². The Morgan fingerprint density at radius 1 is 1.11 bits per heavy atom. The molecule has 0 unspecified atom stereocenters. The number of ether oxygens (including phenoxy) is 1. The number of hydrogen-bond acceptors (Lipinski definition) is 3. The van der Waals surface area contributed by atoms with Gasteiger partial charge >= 0.3 is 0 Å². The van der Waals surface area contributed by atoms with Gasteiger partial charge in [-0.15, -0.1) is 0 Å². The van der Waals surface area contributed by atoms with Crippen molar-refractivity contribution in [3.05, 3.63) is 35.4 Å². The first-order valence-corrected chi connectivity index (χ1v) is 6.76. The minimum atomic E-state index is -0.685. The maximum atomic E-state index is 11.2. The van der Waals surface area contributed by atoms with Crippen molar-refractivity contribution in [1.29, 1.82) is 0 Å². The molecule has 3 nitrogen and oxygen atoms in total. The van der Waals surface area contributed by atoms with Gasteiger partial charge in [-0.25, -0.2) is 0 Å². The van der Waals surface area contributed by atoms with Gasteiger partial charge in [0.05, 0.1) is 5.60 Å². The first-order chi connectivity index (χ1) is 8.69. The molecule has 1 saturated heterocycles. The first kappa shape index (κ1) is 12.2. The molecule has 1 heterocycles. The van der Waals surface area contributed by atoms with Gasteiger partial charge in [0.25, 0.3) is 0 Å². The van der Waals surface area contributed by atoms with Crippen molar-refractivity contribution in [2.24, 2.45) is 11.1 Å². The molecule has 1 aliphatic carbocycles. The number of rotatable bonds is 2. The second kappa shape index (κ2) is 4.34. The Morgan fingerprint density at radius 3 is 2.17 bits per heavy atom. The van der Waals surface area contributed by atoms with Gasteiger partial charge in [-0.3, -0.25) is 0 Å². The van der Waals surface area contributed by atoms with E-state index < -0.39 is 5.60 Å². The summed E-state index contributed by atoms with van der Waals surface area (Å²) in [5.74, 6) is 0. The van der Waals surface area contributed by atoms with Crippen molar-refractivity contribution >= 4 is 0 Å². The number of aliphatic hydroxyl groups is 1. The molecule has 1 aromatic carbocycles. The van der Waals surface area contributed by atoms with Crippen molar-refractivity contribution in [2.45, 2.75) is 31.3 Å². The number of nitrogens with two attached hydrogens (primary N) is 1. The highest BCUT2D eigenvalue weighted by Gasteiger charge is 2.52. The molecule has 3 heteroatoms. The Bertz CT molecular complexity index is 413. The van der Waals surface area contributed by atoms with E-state index in [0.717, 1.165) is 38.9 Å². The van der Waals surface area contributed by atoms with Crippen molar-refractivity contribution in [3.8, 4) is 0 Å². The second-order valence-corrected chi connectivity index (χ2v) is 5.75. The van der Waals surface area contributed by atoms with E-state index in [-0.39, 0.29) is 5.41 Å². The van der Waals surface area contributed by atoms with Crippen LogP contribution in [-0.4, -0.2) is 30.5 Å². The second-order valence-electron chi connectivity index (χ2n) is 5.75. The highest BCUT2D eigenvalue weighted by Crippen LogP contribution is 2.47. The average Bonchev–Trinajstić information content (AvgIpc) is 2.77. The summed E-state index contributed by atoms with van der Waals surface area (Å²) in [5.41, 5.74) is 7.72. The van der Waals surface area contributed by atoms with Gasteiger partial charge in [0.15, 0.2) is 0 Å². The fourth-order valence-electron chi connectivity index (χ4n) is 3.59. The molecule has 2 aliphatic rings. The molecule has 0 spiro atoms. The lowest BCUT2D eigenvalue weighted by atomic mass is 9.65. The highest BCUT2D eigenvalue weighted by molar-refractivity contribution is 5.36. The van der Waals surface area contributed by atoms with Crippen LogP contribution in [-0.2, 0) is 17.6 Å². The van der Waals surface area contributed by atoms with E-state index in [4.69, 9.17) is 10.5 Å². The summed E-state index contributed by atoms with van der Waals surface area (Å²) in [7, 11) is 0. The van der Waals surface area contributed by atoms with E-state index >= 15 is 0 Å². The van der Waals surface area contributed by atoms with Crippen LogP contribution < -0.4 is 5.73 Å². The number of benzene rings is 1. The molecule has 0 atom stereocenters. The predicted molar refractivity (Wildman–Crippen MR) is 70.3 cm³/mol. The lowest BCUT2D eigenvalue weighted by Gasteiger charge is -2.47. The van der Waals surface area contributed by atoms with Gasteiger partial charge < -0.3 is 15.6 Å². The minimum Gasteiger partial charge on any atom is -0.389 e. The molecule has 1 fully saturated rings. The molecule has 0 amide bonds. The summed E-state index contributed by atoms with van der Waals surface area (Å²) in [4.78, 5) is 0. The monoisotopic (exact) mass is 247 g/mol. The van der Waals surface area contributed by atoms with Crippen LogP contribution in [0.5, 0.6) is 0 Å². The maximum absolute atomic E-state index is 11.2. The number of fused-ring (bicyclic) bond motifs is 1. The molecular formula is C15H21NO2. The normalized spacial score (nSPS) is 24.8. The lowest BCUT2D eigenvalue weighted by Crippen LogP contribution is -2.56. The molecule has 0 aromatic heterocycles. The third-order valence-electron chi connectivity index (χ3n) is 4.91. The quantitative estimate of drug-likeness (QED) is 0.827. The van der Waals surface area contributed by atoms with Crippen molar-refractivity contribution in [1.82, 2.24) is 0 Å². The summed E-state index contributed by atoms with van der Waals surface area (Å²) in [6.45, 7) is 1.98. The minimum absolute atomic E-state index is 0.176. The van der Waals surface area contributed by atoms with E-state index in [9.17, 15) is 5.11 Å². The van der Waals surface area contributed by atoms with Gasteiger partial charge in [-0.05, 0) is 24.0 Å². The van der Waals surface area contributed by atoms with Crippen LogP contribution in [0.15, 0.2) is 24.3 Å². The maximum Gasteiger partial charge on any atom is 0.0797 e. The van der Waals surface area contributed by atoms with Crippen molar-refractivity contribution < 1.29 is 9.84 Å². The van der Waals surface area contributed by atoms with Crippen LogP contribution in [0.2, 0.25) is 0 Å². The molecule has 98 valence electrons. The fraction of sp³-hybridized carbons (Fsp3) is 0.600. The van der Waals surface area contributed by atoms with E-state index in [1.54, 1.807) is 0 Å². The van der Waals surface area contributed by atoms with Gasteiger partial charge in [0.2, 0.25) is 0 Å². The Hall–Kier alpha value is -0.900. The zero-order valence-corrected chi connectivity index (χ0v) is 10.7. The van der Waals surface area contributed by atoms with Gasteiger partial charge in [0.1, 0.15) is 0 Å². The molecule has 0 radical (unpaired) electrons. The van der Waals surface area contributed by atoms with Crippen LogP contribution in [0, 0.1) is 5.41 Å². The summed E-state index contributed by atoms with van der Waals surface area (Å²) in [6.07, 6.45) is 3.21. The van der Waals surface area contributed by atoms with Crippen LogP contribution in [0.1, 0.15) is 24.0 Å². The van der Waals surface area contributed by atoms with Gasteiger partial charge in [-0.1, -0.05) is 24.3 Å². The Morgan fingerprint density at radius 2 is 1.67 bits per heavy atom. The zero-order chi connectivity index (χ0) is 12.6. The molecular weight excluding hydrogens is 226 g/mol. The van der Waals surface area contributed by atoms with Crippen LogP contribution >= 0.6 is 0 Å². The highest BCUT2D eigenvalue weighted by atomic mass is 16.5. The third-order valence-corrected chi connectivity index (χ3v) is 4.91. The molecule has 18 heavy (non-hydrogen) atoms. The molecule has 1 aromatic rings. The Balaban J connectivity index is 1.92. The first-order valence-electron chi connectivity index (χ1n) is 6.76. The zero-order valence-electron chi connectivity index (χ0n) is 10.7. The summed E-state index contributed by atoms with van der Waals surface area (Å²) >= 11 is 0. The van der Waals surface area contributed by atoms with E-state index in [2.05, 4.69) is 12.1 Å². The summed E-state index contributed by atoms with van der Waals surface area (Å²) in [6, 6.07) is 8.33. The van der Waals surface area contributed by atoms with Gasteiger partial charge in [0, 0.05) is 38.0 Å². The van der Waals surface area contributed by atoms with E-state index in [1.165, 1.54) is 11.1 Å². The molecule has 3 N–H and O–H groups in total. The number of hydrogen-bond donors (Lipinski definition) is 2. The van der Waals surface area contributed by atoms with Crippen LogP contribution in [0.25, 0.3) is 0 Å². The summed E-state index contributed by atoms with van der Waals surface area (Å²) < 4.78 is 5.44. The topological polar surface area (TPSA) is 55.5 Å². The molecule has 3 rings (SSSR count). The third kappa shape index (κ3) is 1.69. The van der Waals surface area contributed by atoms with Crippen molar-refractivity contribution in [2.75, 3.05) is 19.8 Å². The van der Waals surface area contributed by atoms with Gasteiger partial charge in [-0.2, -0.15) is 0 Å².